The molecule has 0 radical (unpaired) electrons. The van der Waals surface area contributed by atoms with Gasteiger partial charge < -0.3 is 0 Å². The predicted molar refractivity (Wildman–Crippen MR) is 71.9 cm³/mol. The predicted octanol–water partition coefficient (Wildman–Crippen LogP) is 4.98. The monoisotopic (exact) mass is 227 g/mol. The fraction of sp³-hybridized carbons (Fsp3) is 0.538. The highest BCUT2D eigenvalue weighted by Gasteiger charge is 2.05. The lowest BCUT2D eigenvalue weighted by Crippen LogP contribution is -1.89. The van der Waals surface area contributed by atoms with Crippen molar-refractivity contribution in [3.63, 3.8) is 0 Å². The average Bonchev–Trinajstić information content (AvgIpc) is 2.37. The molecule has 16 heavy (non-hydrogen) atoms. The lowest BCUT2D eigenvalue weighted by molar-refractivity contribution is -0.385. The molecule has 3 heteroatoms. The van der Waals surface area contributed by atoms with E-state index in [0.717, 1.165) is 0 Å². The highest BCUT2D eigenvalue weighted by Crippen LogP contribution is 2.14. The molecule has 0 atom stereocenters. The lowest BCUT2D eigenvalue weighted by Gasteiger charge is -1.92. The average molecular weight is 227 g/mol. The quantitative estimate of drug-likeness (QED) is 0.501. The van der Waals surface area contributed by atoms with Crippen molar-refractivity contribution in [2.24, 2.45) is 0 Å². The van der Waals surface area contributed by atoms with Crippen LogP contribution in [0.1, 0.15) is 47.1 Å². The van der Waals surface area contributed by atoms with Crippen LogP contribution in [0, 0.1) is 17.0 Å². The number of nitro benzene ring substituents is 1. The topological polar surface area (TPSA) is 43.1 Å². The Labute approximate surface area is 99.7 Å². The van der Waals surface area contributed by atoms with Crippen molar-refractivity contribution >= 4 is 5.69 Å². The Hall–Kier alpha value is -1.38. The Kier molecular flexibility index (Phi) is 20.2. The van der Waals surface area contributed by atoms with Gasteiger partial charge in [-0.05, 0) is 6.92 Å². The fourth-order valence-electron chi connectivity index (χ4n) is 0.768. The minimum atomic E-state index is -0.380. The molecule has 94 valence electrons. The van der Waals surface area contributed by atoms with Gasteiger partial charge in [0.05, 0.1) is 4.92 Å². The Morgan fingerprint density at radius 3 is 1.56 bits per heavy atom. The molecule has 1 aromatic carbocycles. The van der Waals surface area contributed by atoms with Crippen LogP contribution in [0.3, 0.4) is 0 Å². The first kappa shape index (κ1) is 20.1. The van der Waals surface area contributed by atoms with Gasteiger partial charge in [0.1, 0.15) is 0 Å². The summed E-state index contributed by atoms with van der Waals surface area (Å²) in [4.78, 5) is 9.85. The van der Waals surface area contributed by atoms with Crippen molar-refractivity contribution in [2.75, 3.05) is 0 Å². The van der Waals surface area contributed by atoms with Gasteiger partial charge in [0.25, 0.3) is 5.69 Å². The van der Waals surface area contributed by atoms with Crippen molar-refractivity contribution in [1.82, 2.24) is 0 Å². The van der Waals surface area contributed by atoms with Gasteiger partial charge in [0.2, 0.25) is 0 Å². The van der Waals surface area contributed by atoms with Gasteiger partial charge in [-0.2, -0.15) is 0 Å². The Morgan fingerprint density at radius 2 is 1.31 bits per heavy atom. The molecule has 0 saturated carbocycles. The molecule has 1 aromatic rings. The van der Waals surface area contributed by atoms with Crippen LogP contribution in [0.25, 0.3) is 0 Å². The molecule has 0 heterocycles. The normalized spacial score (nSPS) is 6.94. The summed E-state index contributed by atoms with van der Waals surface area (Å²) in [6.45, 7) is 13.7. The number of benzene rings is 1. The molecule has 0 aliphatic carbocycles. The molecule has 0 N–H and O–H groups in total. The molecule has 0 bridgehead atoms. The van der Waals surface area contributed by atoms with E-state index in [4.69, 9.17) is 0 Å². The molecular formula is C13H25NO2. The van der Waals surface area contributed by atoms with Crippen LogP contribution in [-0.4, -0.2) is 4.92 Å². The number of nitro groups is 1. The number of para-hydroxylation sites is 1. The maximum absolute atomic E-state index is 10.2. The second kappa shape index (κ2) is 16.1. The first-order valence-electron chi connectivity index (χ1n) is 5.92. The van der Waals surface area contributed by atoms with Crippen molar-refractivity contribution in [3.8, 4) is 0 Å². The summed E-state index contributed by atoms with van der Waals surface area (Å²) in [5, 5.41) is 10.2. The van der Waals surface area contributed by atoms with E-state index in [1.807, 2.05) is 41.5 Å². The summed E-state index contributed by atoms with van der Waals surface area (Å²) in [6, 6.07) is 6.65. The van der Waals surface area contributed by atoms with Crippen LogP contribution in [0.2, 0.25) is 0 Å². The number of hydrogen-bond acceptors (Lipinski definition) is 2. The van der Waals surface area contributed by atoms with E-state index in [1.54, 1.807) is 25.1 Å². The van der Waals surface area contributed by atoms with Crippen LogP contribution < -0.4 is 0 Å². The van der Waals surface area contributed by atoms with Gasteiger partial charge in [0, 0.05) is 11.6 Å². The van der Waals surface area contributed by atoms with Gasteiger partial charge in [-0.3, -0.25) is 10.1 Å². The van der Waals surface area contributed by atoms with E-state index in [9.17, 15) is 10.1 Å². The maximum Gasteiger partial charge on any atom is 0.272 e. The molecular weight excluding hydrogens is 202 g/mol. The van der Waals surface area contributed by atoms with Gasteiger partial charge in [0.15, 0.2) is 0 Å². The molecule has 0 amide bonds. The molecule has 0 aliphatic heterocycles. The zero-order valence-corrected chi connectivity index (χ0v) is 11.6. The summed E-state index contributed by atoms with van der Waals surface area (Å²) in [5.74, 6) is 0. The number of rotatable bonds is 1. The zero-order chi connectivity index (χ0) is 13.6. The van der Waals surface area contributed by atoms with E-state index < -0.39 is 0 Å². The van der Waals surface area contributed by atoms with E-state index in [-0.39, 0.29) is 10.6 Å². The van der Waals surface area contributed by atoms with Crippen molar-refractivity contribution < 1.29 is 4.92 Å². The van der Waals surface area contributed by atoms with Crippen LogP contribution >= 0.6 is 0 Å². The van der Waals surface area contributed by atoms with Crippen LogP contribution in [-0.2, 0) is 0 Å². The van der Waals surface area contributed by atoms with Crippen molar-refractivity contribution in [3.05, 3.63) is 39.9 Å². The van der Waals surface area contributed by atoms with Crippen LogP contribution in [0.4, 0.5) is 5.69 Å². The number of aryl methyl sites for hydroxylation is 1. The third-order valence-corrected chi connectivity index (χ3v) is 1.31. The van der Waals surface area contributed by atoms with Gasteiger partial charge >= 0.3 is 0 Å². The first-order valence-corrected chi connectivity index (χ1v) is 5.92. The molecule has 0 fully saturated rings. The largest absolute Gasteiger partial charge is 0.272 e. The SMILES string of the molecule is CC.CC.CC.Cc1ccccc1[N+](=O)[O-]. The molecule has 3 nitrogen and oxygen atoms in total. The minimum absolute atomic E-state index is 0.183. The Balaban J connectivity index is -0.000000245. The van der Waals surface area contributed by atoms with Crippen molar-refractivity contribution in [2.45, 2.75) is 48.5 Å². The molecule has 0 saturated heterocycles. The third kappa shape index (κ3) is 9.19. The van der Waals surface area contributed by atoms with E-state index in [2.05, 4.69) is 0 Å². The van der Waals surface area contributed by atoms with E-state index >= 15 is 0 Å². The van der Waals surface area contributed by atoms with E-state index in [0.29, 0.717) is 5.56 Å². The van der Waals surface area contributed by atoms with Gasteiger partial charge in [-0.15, -0.1) is 0 Å². The number of hydrogen-bond donors (Lipinski definition) is 0. The minimum Gasteiger partial charge on any atom is -0.258 e. The Bertz CT molecular complexity index is 260. The molecule has 0 aromatic heterocycles. The van der Waals surface area contributed by atoms with Crippen molar-refractivity contribution in [1.29, 1.82) is 0 Å². The summed E-state index contributed by atoms with van der Waals surface area (Å²) < 4.78 is 0. The highest BCUT2D eigenvalue weighted by atomic mass is 16.6. The first-order chi connectivity index (χ1) is 7.72. The molecule has 0 aliphatic rings. The second-order valence-electron chi connectivity index (χ2n) is 2.04. The highest BCUT2D eigenvalue weighted by molar-refractivity contribution is 5.38. The summed E-state index contributed by atoms with van der Waals surface area (Å²) in [6.07, 6.45) is 0. The molecule has 0 spiro atoms. The maximum atomic E-state index is 10.2. The van der Waals surface area contributed by atoms with E-state index in [1.165, 1.54) is 6.07 Å². The second-order valence-corrected chi connectivity index (χ2v) is 2.04. The third-order valence-electron chi connectivity index (χ3n) is 1.31. The molecule has 0 unspecified atom stereocenters. The van der Waals surface area contributed by atoms with Crippen LogP contribution in [0.5, 0.6) is 0 Å². The summed E-state index contributed by atoms with van der Waals surface area (Å²) in [7, 11) is 0. The van der Waals surface area contributed by atoms with Gasteiger partial charge in [-0.25, -0.2) is 0 Å². The van der Waals surface area contributed by atoms with Crippen LogP contribution in [0.15, 0.2) is 24.3 Å². The smallest absolute Gasteiger partial charge is 0.258 e. The number of nitrogens with zero attached hydrogens (tertiary/aromatic N) is 1. The fourth-order valence-corrected chi connectivity index (χ4v) is 0.768. The molecule has 1 rings (SSSR count). The zero-order valence-electron chi connectivity index (χ0n) is 11.6. The summed E-state index contributed by atoms with van der Waals surface area (Å²) >= 11 is 0. The lowest BCUT2D eigenvalue weighted by atomic mass is 10.2. The Morgan fingerprint density at radius 1 is 0.938 bits per heavy atom. The standard InChI is InChI=1S/C7H7NO2.3C2H6/c1-6-4-2-3-5-7(6)8(9)10;3*1-2/h2-5H,1H3;3*1-2H3. The summed E-state index contributed by atoms with van der Waals surface area (Å²) in [5.41, 5.74) is 0.884. The van der Waals surface area contributed by atoms with Gasteiger partial charge in [-0.1, -0.05) is 59.7 Å².